The normalized spacial score (nSPS) is 11.4. The third kappa shape index (κ3) is 5.23. The van der Waals surface area contributed by atoms with Gasteiger partial charge in [-0.1, -0.05) is 57.5 Å². The standard InChI is InChI=1S/C16H24ClNO/c1-11(2)14(12(3)4)10-18-16(19)9-13-7-5-6-8-15(13)17/h5-8,11-12,14H,9-10H2,1-4H3,(H,18,19). The fraction of sp³-hybridized carbons (Fsp3) is 0.562. The lowest BCUT2D eigenvalue weighted by Crippen LogP contribution is -2.34. The Labute approximate surface area is 121 Å². The molecule has 0 aromatic heterocycles. The van der Waals surface area contributed by atoms with Crippen LogP contribution in [0.2, 0.25) is 5.02 Å². The molecule has 0 aliphatic carbocycles. The highest BCUT2D eigenvalue weighted by atomic mass is 35.5. The third-order valence-electron chi connectivity index (χ3n) is 3.56. The minimum absolute atomic E-state index is 0.0411. The quantitative estimate of drug-likeness (QED) is 0.841. The molecule has 0 aliphatic rings. The number of halogens is 1. The van der Waals surface area contributed by atoms with Crippen LogP contribution in [0.1, 0.15) is 33.3 Å². The van der Waals surface area contributed by atoms with Crippen LogP contribution in [0.4, 0.5) is 0 Å². The maximum atomic E-state index is 11.9. The molecule has 19 heavy (non-hydrogen) atoms. The van der Waals surface area contributed by atoms with Crippen molar-refractivity contribution in [1.82, 2.24) is 5.32 Å². The van der Waals surface area contributed by atoms with Crippen molar-refractivity contribution in [2.75, 3.05) is 6.54 Å². The molecule has 0 radical (unpaired) electrons. The van der Waals surface area contributed by atoms with Gasteiger partial charge in [0.2, 0.25) is 5.91 Å². The Hall–Kier alpha value is -1.02. The molecule has 0 saturated carbocycles. The van der Waals surface area contributed by atoms with Crippen molar-refractivity contribution in [2.24, 2.45) is 17.8 Å². The SMILES string of the molecule is CC(C)C(CNC(=O)Cc1ccccc1Cl)C(C)C. The molecule has 0 aliphatic heterocycles. The number of benzene rings is 1. The molecular weight excluding hydrogens is 258 g/mol. The fourth-order valence-electron chi connectivity index (χ4n) is 2.35. The zero-order valence-corrected chi connectivity index (χ0v) is 13.0. The highest BCUT2D eigenvalue weighted by Crippen LogP contribution is 2.19. The Balaban J connectivity index is 2.50. The van der Waals surface area contributed by atoms with Crippen molar-refractivity contribution in [3.05, 3.63) is 34.9 Å². The van der Waals surface area contributed by atoms with Gasteiger partial charge in [0.25, 0.3) is 0 Å². The second-order valence-corrected chi connectivity index (χ2v) is 6.13. The molecule has 0 spiro atoms. The van der Waals surface area contributed by atoms with E-state index in [2.05, 4.69) is 33.0 Å². The first-order chi connectivity index (χ1) is 8.91. The highest BCUT2D eigenvalue weighted by Gasteiger charge is 2.18. The molecular formula is C16H24ClNO. The van der Waals surface area contributed by atoms with Gasteiger partial charge in [-0.05, 0) is 29.4 Å². The molecule has 0 bridgehead atoms. The van der Waals surface area contributed by atoms with Crippen LogP contribution in [0.5, 0.6) is 0 Å². The summed E-state index contributed by atoms with van der Waals surface area (Å²) in [6, 6.07) is 7.48. The van der Waals surface area contributed by atoms with Gasteiger partial charge in [-0.2, -0.15) is 0 Å². The second-order valence-electron chi connectivity index (χ2n) is 5.72. The van der Waals surface area contributed by atoms with E-state index >= 15 is 0 Å². The van der Waals surface area contributed by atoms with E-state index in [1.165, 1.54) is 0 Å². The zero-order valence-electron chi connectivity index (χ0n) is 12.2. The summed E-state index contributed by atoms with van der Waals surface area (Å²) in [5, 5.41) is 3.68. The maximum absolute atomic E-state index is 11.9. The minimum atomic E-state index is 0.0411. The topological polar surface area (TPSA) is 29.1 Å². The second kappa shape index (κ2) is 7.54. The predicted molar refractivity (Wildman–Crippen MR) is 81.3 cm³/mol. The molecule has 1 aromatic carbocycles. The number of amides is 1. The van der Waals surface area contributed by atoms with E-state index in [1.54, 1.807) is 0 Å². The van der Waals surface area contributed by atoms with Crippen LogP contribution in [-0.4, -0.2) is 12.5 Å². The molecule has 2 nitrogen and oxygen atoms in total. The summed E-state index contributed by atoms with van der Waals surface area (Å²) in [5.74, 6) is 1.69. The lowest BCUT2D eigenvalue weighted by atomic mass is 9.85. The summed E-state index contributed by atoms with van der Waals surface area (Å²) in [6.07, 6.45) is 0.350. The molecule has 0 unspecified atom stereocenters. The van der Waals surface area contributed by atoms with Crippen LogP contribution in [0.25, 0.3) is 0 Å². The van der Waals surface area contributed by atoms with Crippen LogP contribution >= 0.6 is 11.6 Å². The zero-order chi connectivity index (χ0) is 14.4. The Kier molecular flexibility index (Phi) is 6.36. The number of rotatable bonds is 6. The Morgan fingerprint density at radius 3 is 2.26 bits per heavy atom. The molecule has 1 aromatic rings. The first kappa shape index (κ1) is 16.0. The number of carbonyl (C=O) groups excluding carboxylic acids is 1. The van der Waals surface area contributed by atoms with Crippen molar-refractivity contribution < 1.29 is 4.79 Å². The lowest BCUT2D eigenvalue weighted by Gasteiger charge is -2.25. The van der Waals surface area contributed by atoms with Crippen LogP contribution in [-0.2, 0) is 11.2 Å². The molecule has 0 heterocycles. The van der Waals surface area contributed by atoms with Gasteiger partial charge in [-0.3, -0.25) is 4.79 Å². The van der Waals surface area contributed by atoms with Gasteiger partial charge in [0, 0.05) is 11.6 Å². The summed E-state index contributed by atoms with van der Waals surface area (Å²) >= 11 is 6.05. The Bertz CT molecular complexity index is 407. The molecule has 106 valence electrons. The van der Waals surface area contributed by atoms with Gasteiger partial charge in [0.05, 0.1) is 6.42 Å². The maximum Gasteiger partial charge on any atom is 0.224 e. The van der Waals surface area contributed by atoms with Gasteiger partial charge < -0.3 is 5.32 Å². The van der Waals surface area contributed by atoms with Crippen LogP contribution in [0.15, 0.2) is 24.3 Å². The van der Waals surface area contributed by atoms with E-state index in [0.717, 1.165) is 12.1 Å². The van der Waals surface area contributed by atoms with E-state index in [-0.39, 0.29) is 5.91 Å². The summed E-state index contributed by atoms with van der Waals surface area (Å²) in [7, 11) is 0. The van der Waals surface area contributed by atoms with Gasteiger partial charge in [0.15, 0.2) is 0 Å². The average molecular weight is 282 g/mol. The lowest BCUT2D eigenvalue weighted by molar-refractivity contribution is -0.120. The Morgan fingerprint density at radius 1 is 1.16 bits per heavy atom. The molecule has 3 heteroatoms. The van der Waals surface area contributed by atoms with Gasteiger partial charge in [-0.25, -0.2) is 0 Å². The van der Waals surface area contributed by atoms with Crippen molar-refractivity contribution in [3.8, 4) is 0 Å². The van der Waals surface area contributed by atoms with Crippen molar-refractivity contribution >= 4 is 17.5 Å². The van der Waals surface area contributed by atoms with Gasteiger partial charge >= 0.3 is 0 Å². The minimum Gasteiger partial charge on any atom is -0.356 e. The highest BCUT2D eigenvalue weighted by molar-refractivity contribution is 6.31. The first-order valence-electron chi connectivity index (χ1n) is 6.92. The summed E-state index contributed by atoms with van der Waals surface area (Å²) < 4.78 is 0. The molecule has 1 rings (SSSR count). The van der Waals surface area contributed by atoms with Crippen LogP contribution in [0.3, 0.4) is 0 Å². The van der Waals surface area contributed by atoms with Gasteiger partial charge in [0.1, 0.15) is 0 Å². The van der Waals surface area contributed by atoms with E-state index in [4.69, 9.17) is 11.6 Å². The third-order valence-corrected chi connectivity index (χ3v) is 3.93. The van der Waals surface area contributed by atoms with Crippen molar-refractivity contribution in [3.63, 3.8) is 0 Å². The number of carbonyl (C=O) groups is 1. The predicted octanol–water partition coefficient (Wildman–Crippen LogP) is 3.93. The summed E-state index contributed by atoms with van der Waals surface area (Å²) in [4.78, 5) is 11.9. The molecule has 0 fully saturated rings. The molecule has 1 N–H and O–H groups in total. The largest absolute Gasteiger partial charge is 0.356 e. The number of hydrogen-bond donors (Lipinski definition) is 1. The van der Waals surface area contributed by atoms with E-state index < -0.39 is 0 Å². The number of hydrogen-bond acceptors (Lipinski definition) is 1. The van der Waals surface area contributed by atoms with E-state index in [0.29, 0.717) is 29.2 Å². The van der Waals surface area contributed by atoms with Crippen LogP contribution < -0.4 is 5.32 Å². The monoisotopic (exact) mass is 281 g/mol. The Morgan fingerprint density at radius 2 is 1.74 bits per heavy atom. The first-order valence-corrected chi connectivity index (χ1v) is 7.29. The molecule has 1 amide bonds. The number of nitrogens with one attached hydrogen (secondary N) is 1. The molecule has 0 saturated heterocycles. The average Bonchev–Trinajstić information content (AvgIpc) is 2.31. The van der Waals surface area contributed by atoms with E-state index in [9.17, 15) is 4.79 Å². The molecule has 0 atom stereocenters. The van der Waals surface area contributed by atoms with Crippen LogP contribution in [0, 0.1) is 17.8 Å². The van der Waals surface area contributed by atoms with Crippen molar-refractivity contribution in [1.29, 1.82) is 0 Å². The van der Waals surface area contributed by atoms with Crippen molar-refractivity contribution in [2.45, 2.75) is 34.1 Å². The summed E-state index contributed by atoms with van der Waals surface area (Å²) in [5.41, 5.74) is 0.882. The smallest absolute Gasteiger partial charge is 0.224 e. The fourth-order valence-corrected chi connectivity index (χ4v) is 2.55. The van der Waals surface area contributed by atoms with E-state index in [1.807, 2.05) is 24.3 Å². The van der Waals surface area contributed by atoms with Gasteiger partial charge in [-0.15, -0.1) is 0 Å². The summed E-state index contributed by atoms with van der Waals surface area (Å²) in [6.45, 7) is 9.53.